The van der Waals surface area contributed by atoms with Gasteiger partial charge in [-0.2, -0.15) is 0 Å². The largest absolute Gasteiger partial charge is 0.314 e. The van der Waals surface area contributed by atoms with Crippen LogP contribution in [-0.4, -0.2) is 12.6 Å². The molecule has 2 rings (SSSR count). The lowest BCUT2D eigenvalue weighted by Gasteiger charge is -2.23. The fraction of sp³-hybridized carbons (Fsp3) is 0.571. The molecule has 1 aromatic carbocycles. The van der Waals surface area contributed by atoms with Gasteiger partial charge in [0.15, 0.2) is 0 Å². The number of hydrogen-bond donors (Lipinski definition) is 1. The van der Waals surface area contributed by atoms with Crippen LogP contribution < -0.4 is 5.32 Å². The van der Waals surface area contributed by atoms with E-state index in [9.17, 15) is 4.39 Å². The summed E-state index contributed by atoms with van der Waals surface area (Å²) in [6.07, 6.45) is 3.99. The maximum absolute atomic E-state index is 13.2. The molecule has 1 N–H and O–H groups in total. The van der Waals surface area contributed by atoms with Crippen LogP contribution >= 0.6 is 15.9 Å². The van der Waals surface area contributed by atoms with Gasteiger partial charge < -0.3 is 5.32 Å². The average Bonchev–Trinajstić information content (AvgIpc) is 2.30. The van der Waals surface area contributed by atoms with Gasteiger partial charge in [0, 0.05) is 10.5 Å². The van der Waals surface area contributed by atoms with Gasteiger partial charge in [-0.15, -0.1) is 0 Å². The molecule has 0 aromatic heterocycles. The molecule has 1 nitrogen and oxygen atoms in total. The lowest BCUT2D eigenvalue weighted by molar-refractivity contribution is 0.372. The van der Waals surface area contributed by atoms with E-state index >= 15 is 0 Å². The summed E-state index contributed by atoms with van der Waals surface area (Å²) < 4.78 is 14.1. The van der Waals surface area contributed by atoms with Crippen molar-refractivity contribution in [3.63, 3.8) is 0 Å². The van der Waals surface area contributed by atoms with E-state index in [2.05, 4.69) is 27.3 Å². The highest BCUT2D eigenvalue weighted by Crippen LogP contribution is 2.27. The number of benzene rings is 1. The molecule has 3 heteroatoms. The van der Waals surface area contributed by atoms with Crippen molar-refractivity contribution in [2.24, 2.45) is 0 Å². The first-order valence-electron chi connectivity index (χ1n) is 6.32. The van der Waals surface area contributed by atoms with E-state index in [1.54, 1.807) is 6.92 Å². The van der Waals surface area contributed by atoms with E-state index in [-0.39, 0.29) is 0 Å². The molecule has 0 radical (unpaired) electrons. The summed E-state index contributed by atoms with van der Waals surface area (Å²) in [5, 5.41) is 3.54. The van der Waals surface area contributed by atoms with Gasteiger partial charge in [0.05, 0.1) is 0 Å². The molecule has 1 saturated heterocycles. The van der Waals surface area contributed by atoms with Crippen molar-refractivity contribution in [2.75, 3.05) is 6.54 Å². The summed E-state index contributed by atoms with van der Waals surface area (Å²) in [5.41, 5.74) is 2.02. The van der Waals surface area contributed by atoms with Crippen LogP contribution in [0.5, 0.6) is 0 Å². The summed E-state index contributed by atoms with van der Waals surface area (Å²) >= 11 is 3.45. The Labute approximate surface area is 111 Å². The Morgan fingerprint density at radius 1 is 1.47 bits per heavy atom. The van der Waals surface area contributed by atoms with Crippen LogP contribution in [0, 0.1) is 0 Å². The van der Waals surface area contributed by atoms with Crippen molar-refractivity contribution in [1.29, 1.82) is 0 Å². The van der Waals surface area contributed by atoms with Crippen molar-refractivity contribution in [3.8, 4) is 0 Å². The number of nitrogens with one attached hydrogen (secondary N) is 1. The van der Waals surface area contributed by atoms with E-state index in [0.717, 1.165) is 23.0 Å². The summed E-state index contributed by atoms with van der Waals surface area (Å²) in [7, 11) is 0. The Bertz CT molecular complexity index is 372. The second-order valence-electron chi connectivity index (χ2n) is 4.82. The normalized spacial score (nSPS) is 22.4. The van der Waals surface area contributed by atoms with Crippen LogP contribution in [0.25, 0.3) is 0 Å². The molecule has 1 fully saturated rings. The van der Waals surface area contributed by atoms with Crippen molar-refractivity contribution < 1.29 is 4.39 Å². The highest BCUT2D eigenvalue weighted by atomic mass is 79.9. The molecule has 0 aliphatic carbocycles. The third-order valence-corrected chi connectivity index (χ3v) is 4.07. The average molecular weight is 300 g/mol. The van der Waals surface area contributed by atoms with Gasteiger partial charge in [-0.05, 0) is 49.9 Å². The molecule has 1 aliphatic rings. The molecule has 1 aromatic rings. The predicted molar refractivity (Wildman–Crippen MR) is 73.0 cm³/mol. The van der Waals surface area contributed by atoms with E-state index in [1.165, 1.54) is 24.8 Å². The van der Waals surface area contributed by atoms with Crippen molar-refractivity contribution in [2.45, 2.75) is 44.8 Å². The predicted octanol–water partition coefficient (Wildman–Crippen LogP) is 4.16. The molecule has 1 aliphatic heterocycles. The standard InChI is InChI=1S/C14H19BrFN/c1-10(16)13-6-5-11(9-14(13)15)8-12-4-2-3-7-17-12/h5-6,9-10,12,17H,2-4,7-8H2,1H3. The zero-order valence-electron chi connectivity index (χ0n) is 10.2. The first-order valence-corrected chi connectivity index (χ1v) is 7.12. The minimum absolute atomic E-state index is 0.587. The fourth-order valence-electron chi connectivity index (χ4n) is 2.40. The molecular formula is C14H19BrFN. The van der Waals surface area contributed by atoms with Crippen LogP contribution in [0.4, 0.5) is 4.39 Å². The van der Waals surface area contributed by atoms with Gasteiger partial charge in [0.2, 0.25) is 0 Å². The minimum Gasteiger partial charge on any atom is -0.314 e. The maximum atomic E-state index is 13.2. The second kappa shape index (κ2) is 5.96. The highest BCUT2D eigenvalue weighted by molar-refractivity contribution is 9.10. The van der Waals surface area contributed by atoms with Crippen LogP contribution in [0.2, 0.25) is 0 Å². The maximum Gasteiger partial charge on any atom is 0.123 e. The topological polar surface area (TPSA) is 12.0 Å². The van der Waals surface area contributed by atoms with Crippen molar-refractivity contribution >= 4 is 15.9 Å². The number of halogens is 2. The first kappa shape index (κ1) is 13.0. The molecule has 17 heavy (non-hydrogen) atoms. The number of alkyl halides is 1. The van der Waals surface area contributed by atoms with Gasteiger partial charge in [0.25, 0.3) is 0 Å². The Balaban J connectivity index is 2.04. The van der Waals surface area contributed by atoms with E-state index in [1.807, 2.05) is 12.1 Å². The second-order valence-corrected chi connectivity index (χ2v) is 5.68. The molecule has 0 spiro atoms. The lowest BCUT2D eigenvalue weighted by atomic mass is 9.97. The highest BCUT2D eigenvalue weighted by Gasteiger charge is 2.14. The zero-order chi connectivity index (χ0) is 12.3. The fourth-order valence-corrected chi connectivity index (χ4v) is 3.14. The third kappa shape index (κ3) is 3.52. The molecule has 1 heterocycles. The summed E-state index contributed by atoms with van der Waals surface area (Å²) in [4.78, 5) is 0. The van der Waals surface area contributed by atoms with Gasteiger partial charge >= 0.3 is 0 Å². The minimum atomic E-state index is -0.911. The summed E-state index contributed by atoms with van der Waals surface area (Å²) in [6.45, 7) is 2.70. The van der Waals surface area contributed by atoms with E-state index in [0.29, 0.717) is 6.04 Å². The molecular weight excluding hydrogens is 281 g/mol. The van der Waals surface area contributed by atoms with Crippen LogP contribution in [-0.2, 0) is 6.42 Å². The van der Waals surface area contributed by atoms with Crippen LogP contribution in [0.15, 0.2) is 22.7 Å². The Kier molecular flexibility index (Phi) is 4.57. The first-order chi connectivity index (χ1) is 8.16. The number of rotatable bonds is 3. The van der Waals surface area contributed by atoms with Gasteiger partial charge in [-0.3, -0.25) is 0 Å². The SMILES string of the molecule is CC(F)c1ccc(CC2CCCCN2)cc1Br. The molecule has 2 atom stereocenters. The zero-order valence-corrected chi connectivity index (χ0v) is 11.8. The molecule has 0 bridgehead atoms. The Morgan fingerprint density at radius 3 is 2.88 bits per heavy atom. The van der Waals surface area contributed by atoms with Crippen LogP contribution in [0.1, 0.15) is 43.5 Å². The quantitative estimate of drug-likeness (QED) is 0.883. The Hall–Kier alpha value is -0.410. The van der Waals surface area contributed by atoms with Gasteiger partial charge in [-0.1, -0.05) is 34.5 Å². The molecule has 0 amide bonds. The Morgan fingerprint density at radius 2 is 2.29 bits per heavy atom. The van der Waals surface area contributed by atoms with Crippen LogP contribution in [0.3, 0.4) is 0 Å². The van der Waals surface area contributed by atoms with Gasteiger partial charge in [0.1, 0.15) is 6.17 Å². The number of piperidine rings is 1. The van der Waals surface area contributed by atoms with Crippen molar-refractivity contribution in [3.05, 3.63) is 33.8 Å². The monoisotopic (exact) mass is 299 g/mol. The van der Waals surface area contributed by atoms with E-state index in [4.69, 9.17) is 0 Å². The summed E-state index contributed by atoms with van der Waals surface area (Å²) in [5.74, 6) is 0. The lowest BCUT2D eigenvalue weighted by Crippen LogP contribution is -2.35. The molecule has 94 valence electrons. The third-order valence-electron chi connectivity index (χ3n) is 3.39. The molecule has 0 saturated carbocycles. The van der Waals surface area contributed by atoms with Crippen molar-refractivity contribution in [1.82, 2.24) is 5.32 Å². The van der Waals surface area contributed by atoms with Gasteiger partial charge in [-0.25, -0.2) is 4.39 Å². The summed E-state index contributed by atoms with van der Waals surface area (Å²) in [6, 6.07) is 6.59. The molecule has 2 unspecified atom stereocenters. The van der Waals surface area contributed by atoms with E-state index < -0.39 is 6.17 Å². The number of hydrogen-bond acceptors (Lipinski definition) is 1. The smallest absolute Gasteiger partial charge is 0.123 e.